The van der Waals surface area contributed by atoms with Crippen LogP contribution in [0.25, 0.3) is 0 Å². The summed E-state index contributed by atoms with van der Waals surface area (Å²) in [7, 11) is 1.18. The van der Waals surface area contributed by atoms with Gasteiger partial charge >= 0.3 is 11.9 Å². The Kier molecular flexibility index (Phi) is 31.1. The van der Waals surface area contributed by atoms with Crippen molar-refractivity contribution in [1.82, 2.24) is 0 Å². The Morgan fingerprint density at radius 2 is 1.04 bits per heavy atom. The molecule has 1 unspecified atom stereocenters. The zero-order valence-corrected chi connectivity index (χ0v) is 33.7. The molecule has 0 aliphatic carbocycles. The minimum Gasteiger partial charge on any atom is -0.756 e. The Balaban J connectivity index is 4.39. The summed E-state index contributed by atoms with van der Waals surface area (Å²) in [6.07, 6.45) is 27.0. The molecule has 0 amide bonds. The van der Waals surface area contributed by atoms with Crippen LogP contribution in [0, 0.1) is 5.92 Å². The number of carbonyl (C=O) groups excluding carboxylic acids is 2. The average molecular weight is 720 g/mol. The van der Waals surface area contributed by atoms with E-state index >= 15 is 0 Å². The number of hydrogen-bond donors (Lipinski definition) is 0. The van der Waals surface area contributed by atoms with Crippen molar-refractivity contribution < 1.29 is 42.1 Å². The molecule has 2 atom stereocenters. The minimum atomic E-state index is -4.61. The van der Waals surface area contributed by atoms with Crippen LogP contribution in [-0.4, -0.2) is 70.0 Å². The summed E-state index contributed by atoms with van der Waals surface area (Å²) in [4.78, 5) is 37.3. The van der Waals surface area contributed by atoms with Crippen molar-refractivity contribution in [3.05, 3.63) is 0 Å². The molecule has 0 aromatic rings. The maximum absolute atomic E-state index is 12.6. The van der Waals surface area contributed by atoms with Crippen molar-refractivity contribution in [2.24, 2.45) is 5.92 Å². The van der Waals surface area contributed by atoms with E-state index in [9.17, 15) is 19.0 Å². The lowest BCUT2D eigenvalue weighted by Gasteiger charge is -2.28. The second-order valence-corrected chi connectivity index (χ2v) is 16.9. The zero-order valence-electron chi connectivity index (χ0n) is 32.8. The Bertz CT molecular complexity index is 832. The van der Waals surface area contributed by atoms with E-state index in [1.165, 1.54) is 103 Å². The van der Waals surface area contributed by atoms with E-state index in [-0.39, 0.29) is 32.0 Å². The van der Waals surface area contributed by atoms with Gasteiger partial charge < -0.3 is 27.9 Å². The van der Waals surface area contributed by atoms with E-state index in [1.54, 1.807) is 0 Å². The van der Waals surface area contributed by atoms with Crippen LogP contribution in [0.15, 0.2) is 0 Å². The summed E-state index contributed by atoms with van der Waals surface area (Å²) in [5, 5.41) is 0. The molecule has 292 valence electrons. The number of rotatable bonds is 36. The summed E-state index contributed by atoms with van der Waals surface area (Å²) in [5.41, 5.74) is 0. The first-order valence-electron chi connectivity index (χ1n) is 20.1. The van der Waals surface area contributed by atoms with Gasteiger partial charge in [-0.25, -0.2) is 0 Å². The largest absolute Gasteiger partial charge is 0.756 e. The van der Waals surface area contributed by atoms with E-state index in [0.717, 1.165) is 44.4 Å². The molecule has 0 N–H and O–H groups in total. The van der Waals surface area contributed by atoms with Gasteiger partial charge in [0, 0.05) is 12.8 Å². The molecule has 0 radical (unpaired) electrons. The molecule has 0 heterocycles. The number of unbranched alkanes of at least 4 members (excludes halogenated alkanes) is 20. The third-order valence-corrected chi connectivity index (χ3v) is 9.77. The van der Waals surface area contributed by atoms with Gasteiger partial charge in [0.25, 0.3) is 7.82 Å². The molecule has 0 aliphatic heterocycles. The van der Waals surface area contributed by atoms with Gasteiger partial charge in [0.1, 0.15) is 19.8 Å². The van der Waals surface area contributed by atoms with Crippen molar-refractivity contribution in [3.8, 4) is 0 Å². The monoisotopic (exact) mass is 720 g/mol. The fourth-order valence-corrected chi connectivity index (χ4v) is 6.33. The number of ether oxygens (including phenoxy) is 2. The summed E-state index contributed by atoms with van der Waals surface area (Å²) in [5.74, 6) is -0.0416. The molecule has 10 heteroatoms. The molecule has 0 fully saturated rings. The molecule has 0 bridgehead atoms. The molecule has 0 aromatic carbocycles. The van der Waals surface area contributed by atoms with E-state index < -0.39 is 26.5 Å². The molecule has 49 heavy (non-hydrogen) atoms. The van der Waals surface area contributed by atoms with Crippen LogP contribution in [0.4, 0.5) is 0 Å². The zero-order chi connectivity index (χ0) is 36.6. The smallest absolute Gasteiger partial charge is 0.306 e. The first-order valence-corrected chi connectivity index (χ1v) is 21.6. The summed E-state index contributed by atoms with van der Waals surface area (Å²) in [6, 6.07) is 0. The standard InChI is InChI=1S/C39H78NO8P/c1-7-8-9-10-11-12-13-14-15-18-21-24-27-30-38(41)45-34-37(35-47-49(43,44)46-33-32-40(4,5)6)48-39(42)31-28-25-22-19-16-17-20-23-26-29-36(2)3/h36-37H,7-35H2,1-6H3/t37-/m0/s1. The molecule has 0 saturated carbocycles. The number of esters is 2. The number of phosphoric acid groups is 1. The highest BCUT2D eigenvalue weighted by Crippen LogP contribution is 2.38. The van der Waals surface area contributed by atoms with E-state index in [2.05, 4.69) is 20.8 Å². The Morgan fingerprint density at radius 1 is 0.612 bits per heavy atom. The molecule has 0 saturated heterocycles. The van der Waals surface area contributed by atoms with Gasteiger partial charge in [-0.1, -0.05) is 156 Å². The normalized spacial score (nSPS) is 13.8. The highest BCUT2D eigenvalue weighted by molar-refractivity contribution is 7.45. The molecular weight excluding hydrogens is 641 g/mol. The van der Waals surface area contributed by atoms with Crippen LogP contribution in [0.1, 0.15) is 181 Å². The maximum atomic E-state index is 12.6. The van der Waals surface area contributed by atoms with Gasteiger partial charge in [-0.05, 0) is 18.8 Å². The molecular formula is C39H78NO8P. The van der Waals surface area contributed by atoms with Gasteiger partial charge in [0.2, 0.25) is 0 Å². The fraction of sp³-hybridized carbons (Fsp3) is 0.949. The van der Waals surface area contributed by atoms with Crippen LogP contribution >= 0.6 is 7.82 Å². The molecule has 0 spiro atoms. The number of quaternary nitrogens is 1. The number of carbonyl (C=O) groups is 2. The van der Waals surface area contributed by atoms with E-state index in [1.807, 2.05) is 21.1 Å². The Morgan fingerprint density at radius 3 is 1.49 bits per heavy atom. The van der Waals surface area contributed by atoms with Gasteiger partial charge in [0.05, 0.1) is 27.7 Å². The third-order valence-electron chi connectivity index (χ3n) is 8.81. The predicted molar refractivity (Wildman–Crippen MR) is 199 cm³/mol. The van der Waals surface area contributed by atoms with Gasteiger partial charge in [-0.15, -0.1) is 0 Å². The quantitative estimate of drug-likeness (QED) is 0.0272. The van der Waals surface area contributed by atoms with Crippen LogP contribution < -0.4 is 4.89 Å². The van der Waals surface area contributed by atoms with Gasteiger partial charge in [-0.3, -0.25) is 14.2 Å². The minimum absolute atomic E-state index is 0.0268. The van der Waals surface area contributed by atoms with E-state index in [4.69, 9.17) is 18.5 Å². The fourth-order valence-electron chi connectivity index (χ4n) is 5.60. The lowest BCUT2D eigenvalue weighted by Crippen LogP contribution is -2.37. The summed E-state index contributed by atoms with van der Waals surface area (Å²) < 4.78 is 33.8. The SMILES string of the molecule is CCCCCCCCCCCCCCCC(=O)OC[C@@H](COP(=O)([O-])OCC[N+](C)(C)C)OC(=O)CCCCCCCCCCCC(C)C. The van der Waals surface area contributed by atoms with Crippen molar-refractivity contribution in [3.63, 3.8) is 0 Å². The molecule has 0 aromatic heterocycles. The topological polar surface area (TPSA) is 111 Å². The van der Waals surface area contributed by atoms with Gasteiger partial charge in [0.15, 0.2) is 6.10 Å². The number of likely N-dealkylation sites (N-methyl/N-ethyl adjacent to an activating group) is 1. The number of nitrogens with zero attached hydrogens (tertiary/aromatic N) is 1. The average Bonchev–Trinajstić information content (AvgIpc) is 3.02. The second-order valence-electron chi connectivity index (χ2n) is 15.5. The van der Waals surface area contributed by atoms with Crippen molar-refractivity contribution in [1.29, 1.82) is 0 Å². The van der Waals surface area contributed by atoms with Crippen LogP contribution in [0.5, 0.6) is 0 Å². The van der Waals surface area contributed by atoms with Crippen LogP contribution in [0.2, 0.25) is 0 Å². The lowest BCUT2D eigenvalue weighted by atomic mass is 10.0. The van der Waals surface area contributed by atoms with Crippen LogP contribution in [0.3, 0.4) is 0 Å². The van der Waals surface area contributed by atoms with Crippen LogP contribution in [-0.2, 0) is 32.7 Å². The molecule has 0 aliphatic rings. The summed E-state index contributed by atoms with van der Waals surface area (Å²) in [6.45, 7) is 6.53. The van der Waals surface area contributed by atoms with Crippen molar-refractivity contribution in [2.75, 3.05) is 47.5 Å². The van der Waals surface area contributed by atoms with Crippen molar-refractivity contribution in [2.45, 2.75) is 187 Å². The Hall–Kier alpha value is -0.990. The maximum Gasteiger partial charge on any atom is 0.306 e. The third kappa shape index (κ3) is 36.6. The number of phosphoric ester groups is 1. The van der Waals surface area contributed by atoms with Gasteiger partial charge in [-0.2, -0.15) is 0 Å². The molecule has 0 rings (SSSR count). The Labute approximate surface area is 302 Å². The van der Waals surface area contributed by atoms with E-state index in [0.29, 0.717) is 17.4 Å². The highest BCUT2D eigenvalue weighted by Gasteiger charge is 2.21. The number of hydrogen-bond acceptors (Lipinski definition) is 8. The van der Waals surface area contributed by atoms with Crippen molar-refractivity contribution >= 4 is 19.8 Å². The predicted octanol–water partition coefficient (Wildman–Crippen LogP) is 10.1. The highest BCUT2D eigenvalue weighted by atomic mass is 31.2. The lowest BCUT2D eigenvalue weighted by molar-refractivity contribution is -0.870. The first-order chi connectivity index (χ1) is 23.3. The summed E-state index contributed by atoms with van der Waals surface area (Å²) >= 11 is 0. The molecule has 9 nitrogen and oxygen atoms in total. The second kappa shape index (κ2) is 31.7. The first kappa shape index (κ1) is 48.0.